The Balaban J connectivity index is 1.87. The fourth-order valence-corrected chi connectivity index (χ4v) is 2.84. The summed E-state index contributed by atoms with van der Waals surface area (Å²) in [5, 5.41) is 0.814. The van der Waals surface area contributed by atoms with Gasteiger partial charge in [-0.2, -0.15) is 9.97 Å². The van der Waals surface area contributed by atoms with Gasteiger partial charge in [0.1, 0.15) is 0 Å². The number of benzene rings is 2. The van der Waals surface area contributed by atoms with Crippen molar-refractivity contribution in [2.45, 2.75) is 6.54 Å². The smallest absolute Gasteiger partial charge is 0.289 e. The van der Waals surface area contributed by atoms with Gasteiger partial charge in [-0.3, -0.25) is 9.99 Å². The minimum absolute atomic E-state index is 0.144. The Morgan fingerprint density at radius 2 is 1.68 bits per heavy atom. The van der Waals surface area contributed by atoms with Crippen LogP contribution >= 0.6 is 23.2 Å². The Labute approximate surface area is 154 Å². The van der Waals surface area contributed by atoms with E-state index in [1.807, 2.05) is 30.3 Å². The maximum atomic E-state index is 12.1. The summed E-state index contributed by atoms with van der Waals surface area (Å²) in [6, 6.07) is 14.9. The fourth-order valence-electron chi connectivity index (χ4n) is 2.27. The molecule has 1 heterocycles. The molecule has 0 amide bonds. The predicted octanol–water partition coefficient (Wildman–Crippen LogP) is 3.27. The normalized spacial score (nSPS) is 10.7. The first-order valence-electron chi connectivity index (χ1n) is 7.48. The first kappa shape index (κ1) is 17.4. The van der Waals surface area contributed by atoms with E-state index in [1.54, 1.807) is 25.2 Å². The van der Waals surface area contributed by atoms with Crippen molar-refractivity contribution in [3.63, 3.8) is 0 Å². The lowest BCUT2D eigenvalue weighted by Gasteiger charge is -2.12. The van der Waals surface area contributed by atoms with Crippen LogP contribution < -0.4 is 16.5 Å². The van der Waals surface area contributed by atoms with Crippen LogP contribution in [0, 0.1) is 0 Å². The van der Waals surface area contributed by atoms with Crippen molar-refractivity contribution < 1.29 is 0 Å². The third-order valence-corrected chi connectivity index (χ3v) is 4.17. The largest absolute Gasteiger partial charge is 0.352 e. The molecule has 0 aliphatic carbocycles. The molecule has 3 rings (SSSR count). The fraction of sp³-hybridized carbons (Fsp3) is 0.118. The van der Waals surface area contributed by atoms with Gasteiger partial charge in [-0.15, -0.1) is 0 Å². The lowest BCUT2D eigenvalue weighted by molar-refractivity contribution is 0.747. The van der Waals surface area contributed by atoms with Crippen molar-refractivity contribution in [1.29, 1.82) is 0 Å². The van der Waals surface area contributed by atoms with E-state index in [4.69, 9.17) is 23.2 Å². The van der Waals surface area contributed by atoms with Crippen molar-refractivity contribution in [2.75, 3.05) is 5.43 Å². The van der Waals surface area contributed by atoms with Crippen molar-refractivity contribution in [3.8, 4) is 11.4 Å². The molecule has 25 heavy (non-hydrogen) atoms. The molecule has 0 aliphatic heterocycles. The van der Waals surface area contributed by atoms with Crippen molar-refractivity contribution in [3.05, 3.63) is 74.6 Å². The molecule has 0 fully saturated rings. The van der Waals surface area contributed by atoms with Crippen LogP contribution in [0.1, 0.15) is 5.56 Å². The maximum Gasteiger partial charge on any atom is 0.352 e. The quantitative estimate of drug-likeness (QED) is 0.669. The molecule has 0 unspecified atom stereocenters. The number of nitrogens with one attached hydrogen (secondary N) is 2. The van der Waals surface area contributed by atoms with Gasteiger partial charge < -0.3 is 0 Å². The maximum absolute atomic E-state index is 12.1. The van der Waals surface area contributed by atoms with Gasteiger partial charge in [-0.25, -0.2) is 10.2 Å². The average molecular weight is 376 g/mol. The number of aromatic nitrogens is 3. The number of nitrogens with zero attached hydrogens (tertiary/aromatic N) is 3. The van der Waals surface area contributed by atoms with Crippen molar-refractivity contribution in [1.82, 2.24) is 20.0 Å². The van der Waals surface area contributed by atoms with E-state index in [0.29, 0.717) is 28.0 Å². The van der Waals surface area contributed by atoms with E-state index in [-0.39, 0.29) is 5.95 Å². The number of anilines is 1. The van der Waals surface area contributed by atoms with Gasteiger partial charge in [-0.05, 0) is 17.7 Å². The van der Waals surface area contributed by atoms with Crippen LogP contribution in [0.4, 0.5) is 5.95 Å². The van der Waals surface area contributed by atoms with Crippen molar-refractivity contribution in [2.24, 2.45) is 7.05 Å². The molecular formula is C17H15Cl2N5O. The monoisotopic (exact) mass is 375 g/mol. The van der Waals surface area contributed by atoms with Crippen LogP contribution in [0.15, 0.2) is 53.3 Å². The van der Waals surface area contributed by atoms with Crippen LogP contribution in [-0.4, -0.2) is 14.5 Å². The number of hydrazine groups is 1. The lowest BCUT2D eigenvalue weighted by atomic mass is 10.2. The highest BCUT2D eigenvalue weighted by atomic mass is 35.5. The molecule has 0 aliphatic rings. The zero-order chi connectivity index (χ0) is 17.8. The molecule has 0 saturated carbocycles. The second-order valence-electron chi connectivity index (χ2n) is 5.27. The lowest BCUT2D eigenvalue weighted by Crippen LogP contribution is -2.29. The van der Waals surface area contributed by atoms with Crippen LogP contribution in [0.2, 0.25) is 10.0 Å². The summed E-state index contributed by atoms with van der Waals surface area (Å²) in [6.45, 7) is 0.543. The second kappa shape index (κ2) is 7.65. The third-order valence-electron chi connectivity index (χ3n) is 3.54. The molecule has 3 aromatic rings. The van der Waals surface area contributed by atoms with Crippen molar-refractivity contribution >= 4 is 29.2 Å². The Kier molecular flexibility index (Phi) is 5.33. The van der Waals surface area contributed by atoms with Gasteiger partial charge in [0.05, 0.1) is 15.6 Å². The van der Waals surface area contributed by atoms with Crippen LogP contribution in [-0.2, 0) is 13.6 Å². The van der Waals surface area contributed by atoms with E-state index in [2.05, 4.69) is 20.8 Å². The summed E-state index contributed by atoms with van der Waals surface area (Å²) in [5.41, 5.74) is 6.92. The van der Waals surface area contributed by atoms with Gasteiger partial charge in [0.2, 0.25) is 5.95 Å². The predicted molar refractivity (Wildman–Crippen MR) is 99.6 cm³/mol. The molecular weight excluding hydrogens is 361 g/mol. The second-order valence-corrected chi connectivity index (χ2v) is 6.09. The number of rotatable bonds is 5. The summed E-state index contributed by atoms with van der Waals surface area (Å²) in [6.07, 6.45) is 0. The van der Waals surface area contributed by atoms with E-state index >= 15 is 0 Å². The summed E-state index contributed by atoms with van der Waals surface area (Å²) < 4.78 is 1.30. The first-order valence-corrected chi connectivity index (χ1v) is 8.24. The molecule has 8 heteroatoms. The van der Waals surface area contributed by atoms with Gasteiger partial charge in [0.25, 0.3) is 0 Å². The first-order chi connectivity index (χ1) is 12.1. The van der Waals surface area contributed by atoms with E-state index in [9.17, 15) is 4.79 Å². The Morgan fingerprint density at radius 1 is 1.00 bits per heavy atom. The molecule has 0 saturated heterocycles. The molecule has 0 atom stereocenters. The molecule has 0 spiro atoms. The molecule has 0 radical (unpaired) electrons. The molecule has 1 aromatic heterocycles. The van der Waals surface area contributed by atoms with Gasteiger partial charge in [0.15, 0.2) is 5.82 Å². The molecule has 0 bridgehead atoms. The molecule has 6 nitrogen and oxygen atoms in total. The summed E-state index contributed by atoms with van der Waals surface area (Å²) in [5.74, 6) is 0.477. The van der Waals surface area contributed by atoms with E-state index in [1.165, 1.54) is 4.57 Å². The van der Waals surface area contributed by atoms with Gasteiger partial charge in [-0.1, -0.05) is 59.6 Å². The standard InChI is InChI=1S/C17H15Cl2N5O/c1-24-15(14-12(18)8-5-9-13(14)19)21-16(22-17(24)25)23-20-10-11-6-3-2-4-7-11/h2-9,20H,10H2,1H3,(H,22,23,25). The molecule has 2 aromatic carbocycles. The number of hydrogen-bond acceptors (Lipinski definition) is 5. The summed E-state index contributed by atoms with van der Waals surface area (Å²) in [4.78, 5) is 20.4. The minimum atomic E-state index is -0.468. The Bertz CT molecular complexity index is 923. The Hall–Kier alpha value is -2.41. The van der Waals surface area contributed by atoms with E-state index < -0.39 is 5.69 Å². The van der Waals surface area contributed by atoms with E-state index in [0.717, 1.165) is 5.56 Å². The van der Waals surface area contributed by atoms with Gasteiger partial charge in [0, 0.05) is 13.6 Å². The highest BCUT2D eigenvalue weighted by Crippen LogP contribution is 2.32. The highest BCUT2D eigenvalue weighted by Gasteiger charge is 2.15. The zero-order valence-corrected chi connectivity index (χ0v) is 14.8. The Morgan fingerprint density at radius 3 is 2.36 bits per heavy atom. The van der Waals surface area contributed by atoms with Gasteiger partial charge >= 0.3 is 5.69 Å². The van der Waals surface area contributed by atoms with Crippen LogP contribution in [0.5, 0.6) is 0 Å². The van der Waals surface area contributed by atoms with Crippen LogP contribution in [0.3, 0.4) is 0 Å². The number of hydrogen-bond donors (Lipinski definition) is 2. The molecule has 128 valence electrons. The summed E-state index contributed by atoms with van der Waals surface area (Å²) in [7, 11) is 1.57. The number of halogens is 2. The summed E-state index contributed by atoms with van der Waals surface area (Å²) >= 11 is 12.5. The third kappa shape index (κ3) is 3.99. The average Bonchev–Trinajstić information content (AvgIpc) is 2.59. The SMILES string of the molecule is Cn1c(-c2c(Cl)cccc2Cl)nc(NNCc2ccccc2)nc1=O. The topological polar surface area (TPSA) is 71.8 Å². The van der Waals surface area contributed by atoms with Crippen LogP contribution in [0.25, 0.3) is 11.4 Å². The molecule has 2 N–H and O–H groups in total. The zero-order valence-electron chi connectivity index (χ0n) is 13.3. The minimum Gasteiger partial charge on any atom is -0.289 e. The highest BCUT2D eigenvalue weighted by molar-refractivity contribution is 6.39.